The number of esters is 1. The van der Waals surface area contributed by atoms with Crippen LogP contribution >= 0.6 is 0 Å². The fourth-order valence-corrected chi connectivity index (χ4v) is 10.9. The predicted molar refractivity (Wildman–Crippen MR) is 306 cm³/mol. The molecule has 3 aliphatic heterocycles. The van der Waals surface area contributed by atoms with Gasteiger partial charge >= 0.3 is 11.9 Å². The highest BCUT2D eigenvalue weighted by molar-refractivity contribution is 5.89. The van der Waals surface area contributed by atoms with E-state index in [9.17, 15) is 75.7 Å². The smallest absolute Gasteiger partial charge is 0.364 e. The van der Waals surface area contributed by atoms with Crippen molar-refractivity contribution in [1.29, 1.82) is 0 Å². The lowest BCUT2D eigenvalue weighted by molar-refractivity contribution is -0.390. The van der Waals surface area contributed by atoms with E-state index in [1.54, 1.807) is 36.4 Å². The molecule has 0 saturated carbocycles. The summed E-state index contributed by atoms with van der Waals surface area (Å²) in [6.07, 6.45) is -1.59. The van der Waals surface area contributed by atoms with E-state index in [-0.39, 0.29) is 17.9 Å². The summed E-state index contributed by atoms with van der Waals surface area (Å²) in [4.78, 5) is 40.4. The number of unbranched alkanes of at least 4 members (excludes halogenated alkanes) is 22. The zero-order valence-corrected chi connectivity index (χ0v) is 49.5. The molecule has 3 heterocycles. The Labute approximate surface area is 495 Å². The van der Waals surface area contributed by atoms with Crippen LogP contribution in [-0.2, 0) is 42.7 Å². The summed E-state index contributed by atoms with van der Waals surface area (Å²) in [6, 6.07) is 7.22. The maximum Gasteiger partial charge on any atom is 0.364 e. The van der Waals surface area contributed by atoms with Crippen LogP contribution in [0.15, 0.2) is 42.5 Å². The summed E-state index contributed by atoms with van der Waals surface area (Å²) in [5.74, 6) is -6.13. The number of carboxylic acids is 1. The number of nitrogens with one attached hydrogen (secondary N) is 1. The van der Waals surface area contributed by atoms with Gasteiger partial charge in [0, 0.05) is 12.8 Å². The van der Waals surface area contributed by atoms with E-state index in [0.717, 1.165) is 51.4 Å². The molecule has 23 heteroatoms. The van der Waals surface area contributed by atoms with Crippen LogP contribution < -0.4 is 5.32 Å². The molecule has 1 amide bonds. The third-order valence-corrected chi connectivity index (χ3v) is 16.0. The normalized spacial score (nSPS) is 29.8. The standard InChI is InChI=1S/C61H103NO22/c1-3-5-7-9-11-13-15-17-18-20-22-24-29-33-44(79-57(75)40-31-27-26-28-32-40)41(62-47(68)34-30-25-23-21-19-16-14-12-10-8-6-4-2)39-78-58-52(73)51(72)54(46(38-65)81-58)82-59-53(74)56(50(71)45(37-64)80-59)84-61(60(76)77)35-42(66)48(69)55(83-61)49(70)43(67)36-63/h26-29,31-33,41-46,48-56,58-59,63-67,69-74H,3-25,30,34-39H2,1-2H3,(H,62,68)(H,76,77)/b33-29+/t41-,42-,43+,44+,45+,46+,48+,49+,50-,51+,52+,53+,54+,55-,56-,58+,59+,61-/m0/s1. The van der Waals surface area contributed by atoms with E-state index in [1.165, 1.54) is 89.9 Å². The van der Waals surface area contributed by atoms with Crippen molar-refractivity contribution in [3.05, 3.63) is 48.0 Å². The largest absolute Gasteiger partial charge is 0.477 e. The van der Waals surface area contributed by atoms with E-state index >= 15 is 0 Å². The van der Waals surface area contributed by atoms with Crippen molar-refractivity contribution in [2.75, 3.05) is 26.4 Å². The first kappa shape index (κ1) is 73.2. The number of benzene rings is 1. The predicted octanol–water partition coefficient (Wildman–Crippen LogP) is 3.72. The molecule has 18 atom stereocenters. The Bertz CT molecular complexity index is 1970. The van der Waals surface area contributed by atoms with Gasteiger partial charge in [0.25, 0.3) is 5.79 Å². The summed E-state index contributed by atoms with van der Waals surface area (Å²) in [5, 5.41) is 132. The summed E-state index contributed by atoms with van der Waals surface area (Å²) in [5.41, 5.74) is 0.255. The van der Waals surface area contributed by atoms with Crippen molar-refractivity contribution >= 4 is 17.8 Å². The molecule has 3 aliphatic rings. The first-order valence-corrected chi connectivity index (χ1v) is 31.1. The number of aliphatic hydroxyl groups excluding tert-OH is 11. The van der Waals surface area contributed by atoms with E-state index in [0.29, 0.717) is 12.8 Å². The molecule has 1 aromatic carbocycles. The lowest BCUT2D eigenvalue weighted by Crippen LogP contribution is -2.69. The van der Waals surface area contributed by atoms with Gasteiger partial charge < -0.3 is 99.8 Å². The number of hydrogen-bond donors (Lipinski definition) is 13. The Morgan fingerprint density at radius 3 is 1.73 bits per heavy atom. The molecular formula is C61H103NO22. The monoisotopic (exact) mass is 1200 g/mol. The van der Waals surface area contributed by atoms with Crippen LogP contribution in [0.25, 0.3) is 0 Å². The highest BCUT2D eigenvalue weighted by atomic mass is 16.8. The Morgan fingerprint density at radius 2 is 1.19 bits per heavy atom. The number of carboxylic acid groups (broad SMARTS) is 1. The number of hydrogen-bond acceptors (Lipinski definition) is 21. The summed E-state index contributed by atoms with van der Waals surface area (Å²) >= 11 is 0. The van der Waals surface area contributed by atoms with E-state index in [1.807, 2.05) is 6.08 Å². The molecule has 1 aromatic rings. The highest BCUT2D eigenvalue weighted by Crippen LogP contribution is 2.38. The van der Waals surface area contributed by atoms with Gasteiger partial charge in [-0.1, -0.05) is 173 Å². The summed E-state index contributed by atoms with van der Waals surface area (Å²) in [7, 11) is 0. The number of rotatable bonds is 43. The van der Waals surface area contributed by atoms with Crippen LogP contribution in [0.3, 0.4) is 0 Å². The SMILES string of the molecule is CCCCCCCCCCCCC/C=C/[C@@H](OC(=O)c1ccccc1)[C@H](CO[C@@H]1O[C@H](CO)[C@@H](O[C@H]2O[C@H](CO)[C@H](O)[C@H](O[C@]3(C(=O)O)C[C@H](O)[C@@H](O)[C@@H]([C@H](O)[C@H](O)CO)O3)[C@H]2O)[C@H](O)[C@H]1O)NC(=O)CCCCCCCCCCCCCC. The Kier molecular flexibility index (Phi) is 35.1. The quantitative estimate of drug-likeness (QED) is 0.0252. The number of aliphatic carboxylic acids is 1. The number of aliphatic hydroxyl groups is 11. The lowest BCUT2D eigenvalue weighted by atomic mass is 9.90. The van der Waals surface area contributed by atoms with Gasteiger partial charge in [-0.25, -0.2) is 9.59 Å². The Morgan fingerprint density at radius 1 is 0.655 bits per heavy atom. The van der Waals surface area contributed by atoms with Gasteiger partial charge in [-0.3, -0.25) is 4.79 Å². The second-order valence-corrected chi connectivity index (χ2v) is 22.9. The van der Waals surface area contributed by atoms with Crippen molar-refractivity contribution in [3.63, 3.8) is 0 Å². The van der Waals surface area contributed by atoms with Crippen molar-refractivity contribution < 1.29 is 109 Å². The lowest BCUT2D eigenvalue weighted by Gasteiger charge is -2.50. The molecule has 3 saturated heterocycles. The molecule has 13 N–H and O–H groups in total. The molecule has 484 valence electrons. The number of carbonyl (C=O) groups is 3. The topological polar surface area (TPSA) is 371 Å². The molecule has 23 nitrogen and oxygen atoms in total. The minimum Gasteiger partial charge on any atom is -0.477 e. The number of carbonyl (C=O) groups excluding carboxylic acids is 2. The maximum atomic E-state index is 13.8. The molecule has 3 fully saturated rings. The molecule has 84 heavy (non-hydrogen) atoms. The fraction of sp³-hybridized carbons (Fsp3) is 0.820. The molecular weight excluding hydrogens is 1100 g/mol. The van der Waals surface area contributed by atoms with Crippen LogP contribution in [0.4, 0.5) is 0 Å². The van der Waals surface area contributed by atoms with Gasteiger partial charge in [-0.05, 0) is 37.5 Å². The third kappa shape index (κ3) is 23.7. The number of allylic oxidation sites excluding steroid dienone is 1. The molecule has 4 rings (SSSR count). The maximum absolute atomic E-state index is 13.8. The average molecular weight is 1200 g/mol. The molecule has 0 unspecified atom stereocenters. The first-order chi connectivity index (χ1) is 40.5. The molecule has 0 radical (unpaired) electrons. The second-order valence-electron chi connectivity index (χ2n) is 22.9. The third-order valence-electron chi connectivity index (χ3n) is 16.0. The van der Waals surface area contributed by atoms with Gasteiger partial charge in [-0.15, -0.1) is 0 Å². The van der Waals surface area contributed by atoms with Gasteiger partial charge in [-0.2, -0.15) is 0 Å². The Hall–Kier alpha value is -3.31. The van der Waals surface area contributed by atoms with Gasteiger partial charge in [0.2, 0.25) is 5.91 Å². The van der Waals surface area contributed by atoms with Crippen LogP contribution in [0.5, 0.6) is 0 Å². The van der Waals surface area contributed by atoms with Crippen LogP contribution in [-0.4, -0.2) is 215 Å². The fourth-order valence-electron chi connectivity index (χ4n) is 10.9. The Balaban J connectivity index is 1.50. The van der Waals surface area contributed by atoms with Crippen molar-refractivity contribution in [2.45, 2.75) is 291 Å². The van der Waals surface area contributed by atoms with Gasteiger partial charge in [0.15, 0.2) is 12.6 Å². The highest BCUT2D eigenvalue weighted by Gasteiger charge is 2.60. The molecule has 0 aliphatic carbocycles. The van der Waals surface area contributed by atoms with E-state index < -0.39 is 155 Å². The van der Waals surface area contributed by atoms with Crippen molar-refractivity contribution in [3.8, 4) is 0 Å². The number of amides is 1. The zero-order chi connectivity index (χ0) is 61.4. The number of ether oxygens (including phenoxy) is 7. The van der Waals surface area contributed by atoms with E-state index in [2.05, 4.69) is 19.2 Å². The minimum absolute atomic E-state index is 0.158. The minimum atomic E-state index is -3.10. The second kappa shape index (κ2) is 40.3. The summed E-state index contributed by atoms with van der Waals surface area (Å²) in [6.45, 7) is 0.933. The van der Waals surface area contributed by atoms with Crippen LogP contribution in [0.1, 0.15) is 191 Å². The zero-order valence-electron chi connectivity index (χ0n) is 49.5. The van der Waals surface area contributed by atoms with Crippen LogP contribution in [0, 0.1) is 0 Å². The summed E-state index contributed by atoms with van der Waals surface area (Å²) < 4.78 is 40.8. The average Bonchev–Trinajstić information content (AvgIpc) is 2.52. The van der Waals surface area contributed by atoms with Crippen LogP contribution in [0.2, 0.25) is 0 Å². The molecule has 0 aromatic heterocycles. The first-order valence-electron chi connectivity index (χ1n) is 31.1. The molecule has 0 bridgehead atoms. The van der Waals surface area contributed by atoms with Crippen molar-refractivity contribution in [2.24, 2.45) is 0 Å². The van der Waals surface area contributed by atoms with Gasteiger partial charge in [0.05, 0.1) is 44.1 Å². The van der Waals surface area contributed by atoms with E-state index in [4.69, 9.17) is 33.2 Å². The molecule has 0 spiro atoms. The van der Waals surface area contributed by atoms with Gasteiger partial charge in [0.1, 0.15) is 79.4 Å². The van der Waals surface area contributed by atoms with Crippen molar-refractivity contribution in [1.82, 2.24) is 5.32 Å².